The van der Waals surface area contributed by atoms with Gasteiger partial charge in [0, 0.05) is 16.8 Å². The Kier molecular flexibility index (Phi) is 2.44. The zero-order valence-electron chi connectivity index (χ0n) is 6.05. The van der Waals surface area contributed by atoms with E-state index in [9.17, 15) is 8.76 Å². The quantitative estimate of drug-likeness (QED) is 0.608. The molecule has 1 fully saturated rings. The molecule has 0 bridgehead atoms. The van der Waals surface area contributed by atoms with E-state index in [1.807, 2.05) is 6.92 Å². The molecule has 10 heavy (non-hydrogen) atoms. The topological polar surface area (TPSA) is 52.2 Å². The number of rotatable bonds is 2. The van der Waals surface area contributed by atoms with Gasteiger partial charge in [0.25, 0.3) is 0 Å². The van der Waals surface area contributed by atoms with Gasteiger partial charge in [0.2, 0.25) is 0 Å². The number of nitrogens with one attached hydrogen (secondary N) is 1. The Labute approximate surface area is 63.6 Å². The lowest BCUT2D eigenvalue weighted by molar-refractivity contribution is 0.414. The van der Waals surface area contributed by atoms with Crippen molar-refractivity contribution >= 4 is 11.3 Å². The SMILES string of the molecule is CC1(NS(=O)[O-])CCCC1. The highest BCUT2D eigenvalue weighted by atomic mass is 32.2. The average molecular weight is 162 g/mol. The highest BCUT2D eigenvalue weighted by molar-refractivity contribution is 7.77. The van der Waals surface area contributed by atoms with Gasteiger partial charge in [0.15, 0.2) is 0 Å². The van der Waals surface area contributed by atoms with Crippen molar-refractivity contribution in [2.45, 2.75) is 38.1 Å². The first-order valence-electron chi connectivity index (χ1n) is 3.49. The van der Waals surface area contributed by atoms with Crippen molar-refractivity contribution in [2.24, 2.45) is 0 Å². The highest BCUT2D eigenvalue weighted by Crippen LogP contribution is 2.28. The molecule has 0 aromatic carbocycles. The fourth-order valence-corrected chi connectivity index (χ4v) is 2.07. The van der Waals surface area contributed by atoms with E-state index in [0.717, 1.165) is 25.7 Å². The summed E-state index contributed by atoms with van der Waals surface area (Å²) in [6, 6.07) is 0. The van der Waals surface area contributed by atoms with E-state index in [-0.39, 0.29) is 5.54 Å². The summed E-state index contributed by atoms with van der Waals surface area (Å²) < 4.78 is 23.0. The van der Waals surface area contributed by atoms with E-state index in [1.54, 1.807) is 0 Å². The van der Waals surface area contributed by atoms with Crippen LogP contribution < -0.4 is 4.72 Å². The van der Waals surface area contributed by atoms with Gasteiger partial charge in [0.1, 0.15) is 0 Å². The van der Waals surface area contributed by atoms with Crippen molar-refractivity contribution in [3.8, 4) is 0 Å². The molecule has 0 saturated heterocycles. The summed E-state index contributed by atoms with van der Waals surface area (Å²) in [6.45, 7) is 1.95. The van der Waals surface area contributed by atoms with Crippen molar-refractivity contribution in [3.05, 3.63) is 0 Å². The van der Waals surface area contributed by atoms with Crippen LogP contribution in [0.2, 0.25) is 0 Å². The van der Waals surface area contributed by atoms with E-state index in [2.05, 4.69) is 4.72 Å². The summed E-state index contributed by atoms with van der Waals surface area (Å²) in [7, 11) is 0. The van der Waals surface area contributed by atoms with Crippen LogP contribution in [0, 0.1) is 0 Å². The second-order valence-electron chi connectivity index (χ2n) is 3.10. The monoisotopic (exact) mass is 162 g/mol. The zero-order valence-corrected chi connectivity index (χ0v) is 6.87. The summed E-state index contributed by atoms with van der Waals surface area (Å²) in [5.74, 6) is 0. The minimum absolute atomic E-state index is 0.146. The third-order valence-electron chi connectivity index (χ3n) is 2.04. The van der Waals surface area contributed by atoms with Crippen LogP contribution in [0.25, 0.3) is 0 Å². The van der Waals surface area contributed by atoms with Gasteiger partial charge in [-0.1, -0.05) is 12.8 Å². The molecule has 1 rings (SSSR count). The number of hydrogen-bond acceptors (Lipinski definition) is 2. The van der Waals surface area contributed by atoms with E-state index in [0.29, 0.717) is 0 Å². The largest absolute Gasteiger partial charge is 0.760 e. The lowest BCUT2D eigenvalue weighted by Gasteiger charge is -2.26. The molecule has 4 heteroatoms. The second-order valence-corrected chi connectivity index (χ2v) is 3.78. The Morgan fingerprint density at radius 3 is 2.40 bits per heavy atom. The van der Waals surface area contributed by atoms with E-state index in [4.69, 9.17) is 0 Å². The van der Waals surface area contributed by atoms with Crippen molar-refractivity contribution < 1.29 is 8.76 Å². The smallest absolute Gasteiger partial charge is 0.0267 e. The molecule has 1 N–H and O–H groups in total. The molecule has 1 aliphatic rings. The molecule has 0 radical (unpaired) electrons. The summed E-state index contributed by atoms with van der Waals surface area (Å²) in [6.07, 6.45) is 4.23. The van der Waals surface area contributed by atoms with Crippen LogP contribution in [-0.4, -0.2) is 14.3 Å². The van der Waals surface area contributed by atoms with Gasteiger partial charge in [0.05, 0.1) is 0 Å². The third kappa shape index (κ3) is 2.04. The normalized spacial score (nSPS) is 26.6. The molecule has 1 atom stereocenters. The predicted octanol–water partition coefficient (Wildman–Crippen LogP) is 0.703. The molecule has 0 heterocycles. The fourth-order valence-electron chi connectivity index (χ4n) is 1.46. The van der Waals surface area contributed by atoms with Gasteiger partial charge in [-0.3, -0.25) is 4.21 Å². The van der Waals surface area contributed by atoms with Gasteiger partial charge < -0.3 is 4.55 Å². The molecule has 0 aromatic heterocycles. The lowest BCUT2D eigenvalue weighted by atomic mass is 10.0. The van der Waals surface area contributed by atoms with Gasteiger partial charge in [-0.2, -0.15) is 0 Å². The summed E-state index contributed by atoms with van der Waals surface area (Å²) in [4.78, 5) is 0. The Bertz CT molecular complexity index is 143. The van der Waals surface area contributed by atoms with Crippen molar-refractivity contribution in [2.75, 3.05) is 0 Å². The minimum atomic E-state index is -2.09. The molecular formula is C6H12NO2S-. The second kappa shape index (κ2) is 2.98. The Morgan fingerprint density at radius 1 is 1.50 bits per heavy atom. The van der Waals surface area contributed by atoms with Crippen LogP contribution in [-0.2, 0) is 11.3 Å². The lowest BCUT2D eigenvalue weighted by Crippen LogP contribution is -2.40. The van der Waals surface area contributed by atoms with E-state index in [1.165, 1.54) is 0 Å². The Hall–Kier alpha value is 0.0700. The van der Waals surface area contributed by atoms with Gasteiger partial charge in [-0.25, -0.2) is 4.72 Å². The highest BCUT2D eigenvalue weighted by Gasteiger charge is 2.27. The van der Waals surface area contributed by atoms with E-state index >= 15 is 0 Å². The van der Waals surface area contributed by atoms with Gasteiger partial charge in [-0.15, -0.1) is 0 Å². The maximum Gasteiger partial charge on any atom is 0.0267 e. The molecule has 0 aromatic rings. The minimum Gasteiger partial charge on any atom is -0.760 e. The van der Waals surface area contributed by atoms with Crippen LogP contribution in [0.1, 0.15) is 32.6 Å². The van der Waals surface area contributed by atoms with Crippen LogP contribution in [0.4, 0.5) is 0 Å². The summed E-state index contributed by atoms with van der Waals surface area (Å²) >= 11 is -2.09. The molecule has 0 aliphatic heterocycles. The Morgan fingerprint density at radius 2 is 2.00 bits per heavy atom. The van der Waals surface area contributed by atoms with Crippen LogP contribution in [0.3, 0.4) is 0 Å². The van der Waals surface area contributed by atoms with Crippen molar-refractivity contribution in [1.82, 2.24) is 4.72 Å². The first kappa shape index (κ1) is 8.17. The molecule has 0 spiro atoms. The molecule has 1 unspecified atom stereocenters. The maximum atomic E-state index is 10.2. The Balaban J connectivity index is 2.43. The first-order valence-corrected chi connectivity index (χ1v) is 4.57. The van der Waals surface area contributed by atoms with Gasteiger partial charge >= 0.3 is 0 Å². The molecule has 0 amide bonds. The maximum absolute atomic E-state index is 10.2. The average Bonchev–Trinajstić information content (AvgIpc) is 2.12. The standard InChI is InChI=1S/C6H13NO2S/c1-6(7-10(8)9)4-2-3-5-6/h7H,2-5H2,1H3,(H,8,9)/p-1. The van der Waals surface area contributed by atoms with Crippen molar-refractivity contribution in [3.63, 3.8) is 0 Å². The molecule has 1 saturated carbocycles. The molecular weight excluding hydrogens is 150 g/mol. The molecule has 60 valence electrons. The molecule has 3 nitrogen and oxygen atoms in total. The van der Waals surface area contributed by atoms with Crippen molar-refractivity contribution in [1.29, 1.82) is 0 Å². The predicted molar refractivity (Wildman–Crippen MR) is 38.9 cm³/mol. The summed E-state index contributed by atoms with van der Waals surface area (Å²) in [5.41, 5.74) is -0.146. The van der Waals surface area contributed by atoms with Crippen LogP contribution in [0.5, 0.6) is 0 Å². The zero-order chi connectivity index (χ0) is 7.61. The molecule has 1 aliphatic carbocycles. The number of hydrogen-bond donors (Lipinski definition) is 1. The van der Waals surface area contributed by atoms with Crippen LogP contribution >= 0.6 is 0 Å². The van der Waals surface area contributed by atoms with E-state index < -0.39 is 11.3 Å². The third-order valence-corrected chi connectivity index (χ3v) is 2.70. The van der Waals surface area contributed by atoms with Crippen LogP contribution in [0.15, 0.2) is 0 Å². The summed E-state index contributed by atoms with van der Waals surface area (Å²) in [5, 5.41) is 0. The first-order chi connectivity index (χ1) is 4.62. The fraction of sp³-hybridized carbons (Fsp3) is 1.00. The van der Waals surface area contributed by atoms with Gasteiger partial charge in [-0.05, 0) is 19.8 Å².